The van der Waals surface area contributed by atoms with E-state index in [-0.39, 0.29) is 0 Å². The van der Waals surface area contributed by atoms with Crippen LogP contribution in [0.2, 0.25) is 0 Å². The van der Waals surface area contributed by atoms with Crippen LogP contribution >= 0.6 is 22.9 Å². The first-order chi connectivity index (χ1) is 7.45. The van der Waals surface area contributed by atoms with Crippen LogP contribution in [0.1, 0.15) is 0 Å². The quantitative estimate of drug-likeness (QED) is 0.739. The Kier molecular flexibility index (Phi) is 2.08. The first-order valence-electron chi connectivity index (χ1n) is 4.22. The van der Waals surface area contributed by atoms with E-state index in [1.54, 1.807) is 17.5 Å². The summed E-state index contributed by atoms with van der Waals surface area (Å²) in [6.45, 7) is 0. The highest BCUT2D eigenvalue weighted by atomic mass is 32.1. The fourth-order valence-electron chi connectivity index (χ4n) is 1.28. The molecule has 3 rings (SSSR count). The largest absolute Gasteiger partial charge is 0.274 e. The smallest absolute Gasteiger partial charge is 0.141 e. The Morgan fingerprint density at radius 2 is 2.33 bits per heavy atom. The molecule has 0 saturated carbocycles. The lowest BCUT2D eigenvalue weighted by atomic mass is 10.2. The van der Waals surface area contributed by atoms with Crippen molar-refractivity contribution in [2.24, 2.45) is 0 Å². The molecule has 73 valence electrons. The number of aromatic nitrogens is 4. The third-order valence-corrected chi connectivity index (χ3v) is 3.28. The molecule has 15 heavy (non-hydrogen) atoms. The summed E-state index contributed by atoms with van der Waals surface area (Å²) in [5.41, 5.74) is 2.65. The van der Waals surface area contributed by atoms with Crippen molar-refractivity contribution in [1.82, 2.24) is 19.6 Å². The van der Waals surface area contributed by atoms with Crippen LogP contribution in [0.5, 0.6) is 0 Å². The summed E-state index contributed by atoms with van der Waals surface area (Å²) in [6, 6.07) is 1.95. The van der Waals surface area contributed by atoms with E-state index >= 15 is 0 Å². The molecule has 0 aliphatic rings. The number of nitrogens with one attached hydrogen (secondary N) is 1. The van der Waals surface area contributed by atoms with Crippen molar-refractivity contribution in [3.63, 3.8) is 0 Å². The monoisotopic (exact) mass is 233 g/mol. The number of hydrogen-bond acceptors (Lipinski definition) is 5. The molecule has 6 heteroatoms. The van der Waals surface area contributed by atoms with E-state index < -0.39 is 0 Å². The van der Waals surface area contributed by atoms with Crippen LogP contribution in [-0.2, 0) is 0 Å². The van der Waals surface area contributed by atoms with Gasteiger partial charge in [0.25, 0.3) is 0 Å². The zero-order chi connectivity index (χ0) is 10.1. The Hall–Kier alpha value is -1.53. The maximum Gasteiger partial charge on any atom is 0.141 e. The molecular weight excluding hydrogens is 228 g/mol. The number of H-pyrrole nitrogens is 1. The number of thiazole rings is 1. The number of aromatic amines is 1. The fourth-order valence-corrected chi connectivity index (χ4v) is 2.43. The lowest BCUT2D eigenvalue weighted by molar-refractivity contribution is 1.09. The molecule has 4 nitrogen and oxygen atoms in total. The standard InChI is InChI=1S/C9H5N4S2/c1-3-15-13-7(1)6-5-11-12-8(6)9-10-2-4-14-9/h1-4H,(H,11,12). The summed E-state index contributed by atoms with van der Waals surface area (Å²) in [5.74, 6) is 0. The minimum atomic E-state index is 0.881. The second kappa shape index (κ2) is 3.56. The number of nitrogens with zero attached hydrogens (tertiary/aromatic N) is 3. The van der Waals surface area contributed by atoms with Crippen LogP contribution in [0, 0.1) is 6.20 Å². The molecule has 0 saturated heterocycles. The average molecular weight is 233 g/mol. The molecular formula is C9H5N4S2. The second-order valence-electron chi connectivity index (χ2n) is 2.81. The van der Waals surface area contributed by atoms with Crippen LogP contribution in [0.3, 0.4) is 0 Å². The van der Waals surface area contributed by atoms with E-state index in [0.717, 1.165) is 22.0 Å². The Balaban J connectivity index is 2.15. The van der Waals surface area contributed by atoms with Gasteiger partial charge in [-0.2, -0.15) is 9.47 Å². The van der Waals surface area contributed by atoms with Crippen LogP contribution in [0.4, 0.5) is 0 Å². The van der Waals surface area contributed by atoms with Gasteiger partial charge in [0.15, 0.2) is 0 Å². The van der Waals surface area contributed by atoms with Gasteiger partial charge < -0.3 is 0 Å². The summed E-state index contributed by atoms with van der Waals surface area (Å²) in [4.78, 5) is 4.23. The van der Waals surface area contributed by atoms with E-state index in [1.165, 1.54) is 11.5 Å². The Morgan fingerprint density at radius 1 is 1.33 bits per heavy atom. The molecule has 0 unspecified atom stereocenters. The van der Waals surface area contributed by atoms with Gasteiger partial charge in [0, 0.05) is 17.0 Å². The lowest BCUT2D eigenvalue weighted by Crippen LogP contribution is -1.80. The predicted molar refractivity (Wildman–Crippen MR) is 59.6 cm³/mol. The van der Waals surface area contributed by atoms with E-state index in [2.05, 4.69) is 25.8 Å². The molecule has 3 heterocycles. The predicted octanol–water partition coefficient (Wildman–Crippen LogP) is 2.46. The summed E-state index contributed by atoms with van der Waals surface area (Å²) in [5, 5.41) is 11.6. The third kappa shape index (κ3) is 1.47. The topological polar surface area (TPSA) is 54.5 Å². The summed E-state index contributed by atoms with van der Waals surface area (Å²) < 4.78 is 4.26. The molecule has 0 amide bonds. The molecule has 3 aromatic rings. The van der Waals surface area contributed by atoms with Gasteiger partial charge in [-0.25, -0.2) is 4.98 Å². The Morgan fingerprint density at radius 3 is 3.07 bits per heavy atom. The number of rotatable bonds is 2. The van der Waals surface area contributed by atoms with Crippen molar-refractivity contribution in [1.29, 1.82) is 0 Å². The normalized spacial score (nSPS) is 10.7. The molecule has 1 radical (unpaired) electrons. The maximum absolute atomic E-state index is 4.26. The maximum atomic E-state index is 4.26. The van der Waals surface area contributed by atoms with Crippen molar-refractivity contribution in [3.8, 4) is 22.0 Å². The Bertz CT molecular complexity index is 490. The molecule has 0 aromatic carbocycles. The van der Waals surface area contributed by atoms with Gasteiger partial charge in [0.2, 0.25) is 0 Å². The van der Waals surface area contributed by atoms with Crippen molar-refractivity contribution in [2.45, 2.75) is 0 Å². The minimum absolute atomic E-state index is 0.881. The minimum Gasteiger partial charge on any atom is -0.274 e. The van der Waals surface area contributed by atoms with Crippen molar-refractivity contribution in [3.05, 3.63) is 29.2 Å². The molecule has 0 fully saturated rings. The van der Waals surface area contributed by atoms with Gasteiger partial charge in [0.1, 0.15) is 16.9 Å². The zero-order valence-electron chi connectivity index (χ0n) is 7.47. The summed E-state index contributed by atoms with van der Waals surface area (Å²) in [6.07, 6.45) is 4.67. The number of hydrogen-bond donors (Lipinski definition) is 1. The van der Waals surface area contributed by atoms with Crippen molar-refractivity contribution < 1.29 is 0 Å². The van der Waals surface area contributed by atoms with Crippen LogP contribution < -0.4 is 0 Å². The van der Waals surface area contributed by atoms with Gasteiger partial charge >= 0.3 is 0 Å². The molecule has 1 N–H and O–H groups in total. The van der Waals surface area contributed by atoms with E-state index in [1.807, 2.05) is 16.8 Å². The van der Waals surface area contributed by atoms with Crippen LogP contribution in [0.15, 0.2) is 23.0 Å². The van der Waals surface area contributed by atoms with Gasteiger partial charge in [-0.15, -0.1) is 11.3 Å². The van der Waals surface area contributed by atoms with Gasteiger partial charge in [-0.05, 0) is 17.6 Å². The zero-order valence-corrected chi connectivity index (χ0v) is 9.10. The summed E-state index contributed by atoms with van der Waals surface area (Å²) >= 11 is 2.98. The highest BCUT2D eigenvalue weighted by Gasteiger charge is 2.13. The second-order valence-corrected chi connectivity index (χ2v) is 4.37. The molecule has 0 aliphatic heterocycles. The summed E-state index contributed by atoms with van der Waals surface area (Å²) in [7, 11) is 0. The molecule has 0 atom stereocenters. The van der Waals surface area contributed by atoms with E-state index in [4.69, 9.17) is 0 Å². The molecule has 3 aromatic heterocycles. The lowest BCUT2D eigenvalue weighted by Gasteiger charge is -1.94. The van der Waals surface area contributed by atoms with Gasteiger partial charge in [-0.3, -0.25) is 5.10 Å². The third-order valence-electron chi connectivity index (χ3n) is 1.93. The van der Waals surface area contributed by atoms with Crippen molar-refractivity contribution >= 4 is 22.9 Å². The average Bonchev–Trinajstić information content (AvgIpc) is 3.01. The van der Waals surface area contributed by atoms with E-state index in [9.17, 15) is 0 Å². The van der Waals surface area contributed by atoms with E-state index in [0.29, 0.717) is 0 Å². The SMILES string of the molecule is [c]1n[nH]c(-c2nccs2)c1-c1ccsn1. The first-order valence-corrected chi connectivity index (χ1v) is 5.93. The highest BCUT2D eigenvalue weighted by molar-refractivity contribution is 7.13. The van der Waals surface area contributed by atoms with Crippen molar-refractivity contribution in [2.75, 3.05) is 0 Å². The highest BCUT2D eigenvalue weighted by Crippen LogP contribution is 2.30. The first kappa shape index (κ1) is 8.75. The fraction of sp³-hybridized carbons (Fsp3) is 0. The van der Waals surface area contributed by atoms with Gasteiger partial charge in [0.05, 0.1) is 11.3 Å². The molecule has 0 bridgehead atoms. The van der Waals surface area contributed by atoms with Crippen LogP contribution in [0.25, 0.3) is 22.0 Å². The van der Waals surface area contributed by atoms with Crippen LogP contribution in [-0.4, -0.2) is 19.6 Å². The Labute approximate surface area is 93.8 Å². The van der Waals surface area contributed by atoms with Gasteiger partial charge in [-0.1, -0.05) is 0 Å². The molecule has 0 aliphatic carbocycles. The molecule has 0 spiro atoms.